The topological polar surface area (TPSA) is 50.8 Å². The molecule has 112 valence electrons. The second-order valence-electron chi connectivity index (χ2n) is 5.59. The molecule has 0 aromatic carbocycles. The van der Waals surface area contributed by atoms with Crippen LogP contribution in [-0.4, -0.2) is 62.9 Å². The van der Waals surface area contributed by atoms with Crippen LogP contribution in [0.5, 0.6) is 0 Å². The molecular formula is C14H28N2O3. The number of methoxy groups -OCH3 is 2. The summed E-state index contributed by atoms with van der Waals surface area (Å²) in [4.78, 5) is 14.3. The first-order valence-corrected chi connectivity index (χ1v) is 7.00. The SMILES string of the molecule is CNC(C)(CC(C)N(CCOC)C1CC1)C(=O)OC. The predicted octanol–water partition coefficient (Wildman–Crippen LogP) is 1.03. The first kappa shape index (κ1) is 16.4. The van der Waals surface area contributed by atoms with E-state index in [-0.39, 0.29) is 5.97 Å². The highest BCUT2D eigenvalue weighted by molar-refractivity contribution is 5.80. The van der Waals surface area contributed by atoms with E-state index in [9.17, 15) is 4.79 Å². The van der Waals surface area contributed by atoms with Crippen LogP contribution in [0.15, 0.2) is 0 Å². The number of rotatable bonds is 9. The molecule has 0 aromatic rings. The number of esters is 1. The molecule has 0 bridgehead atoms. The summed E-state index contributed by atoms with van der Waals surface area (Å²) >= 11 is 0. The molecule has 0 spiro atoms. The minimum atomic E-state index is -0.631. The number of likely N-dealkylation sites (N-methyl/N-ethyl adjacent to an activating group) is 1. The van der Waals surface area contributed by atoms with Crippen LogP contribution in [0.3, 0.4) is 0 Å². The Balaban J connectivity index is 2.63. The van der Waals surface area contributed by atoms with Crippen molar-refractivity contribution in [2.45, 2.75) is 50.7 Å². The Bertz CT molecular complexity index is 294. The smallest absolute Gasteiger partial charge is 0.325 e. The maximum Gasteiger partial charge on any atom is 0.325 e. The van der Waals surface area contributed by atoms with Crippen molar-refractivity contribution in [2.24, 2.45) is 0 Å². The van der Waals surface area contributed by atoms with Crippen LogP contribution in [-0.2, 0) is 14.3 Å². The highest BCUT2D eigenvalue weighted by Gasteiger charge is 2.39. The highest BCUT2D eigenvalue weighted by Crippen LogP contribution is 2.30. The van der Waals surface area contributed by atoms with Gasteiger partial charge in [0.05, 0.1) is 13.7 Å². The highest BCUT2D eigenvalue weighted by atomic mass is 16.5. The molecule has 19 heavy (non-hydrogen) atoms. The van der Waals surface area contributed by atoms with Gasteiger partial charge in [-0.2, -0.15) is 0 Å². The molecule has 1 aliphatic carbocycles. The van der Waals surface area contributed by atoms with E-state index < -0.39 is 5.54 Å². The van der Waals surface area contributed by atoms with Crippen molar-refractivity contribution in [3.8, 4) is 0 Å². The van der Waals surface area contributed by atoms with Gasteiger partial charge in [0, 0.05) is 25.7 Å². The van der Waals surface area contributed by atoms with E-state index in [2.05, 4.69) is 17.1 Å². The van der Waals surface area contributed by atoms with Crippen LogP contribution >= 0.6 is 0 Å². The lowest BCUT2D eigenvalue weighted by atomic mass is 9.93. The second-order valence-corrected chi connectivity index (χ2v) is 5.59. The summed E-state index contributed by atoms with van der Waals surface area (Å²) in [6.07, 6.45) is 3.24. The zero-order valence-electron chi connectivity index (χ0n) is 12.9. The molecule has 0 aliphatic heterocycles. The zero-order chi connectivity index (χ0) is 14.5. The van der Waals surface area contributed by atoms with Gasteiger partial charge in [-0.05, 0) is 40.2 Å². The monoisotopic (exact) mass is 272 g/mol. The Hall–Kier alpha value is -0.650. The van der Waals surface area contributed by atoms with Crippen molar-refractivity contribution in [1.29, 1.82) is 0 Å². The van der Waals surface area contributed by atoms with Crippen LogP contribution in [0.2, 0.25) is 0 Å². The lowest BCUT2D eigenvalue weighted by molar-refractivity contribution is -0.148. The van der Waals surface area contributed by atoms with E-state index in [1.54, 1.807) is 14.2 Å². The van der Waals surface area contributed by atoms with Crippen molar-refractivity contribution in [3.63, 3.8) is 0 Å². The molecular weight excluding hydrogens is 244 g/mol. The number of carbonyl (C=O) groups is 1. The molecule has 0 aromatic heterocycles. The third-order valence-electron chi connectivity index (χ3n) is 4.03. The van der Waals surface area contributed by atoms with Gasteiger partial charge in [0.2, 0.25) is 0 Å². The first-order chi connectivity index (χ1) is 8.98. The number of hydrogen-bond acceptors (Lipinski definition) is 5. The molecule has 0 radical (unpaired) electrons. The Morgan fingerprint density at radius 1 is 1.47 bits per heavy atom. The van der Waals surface area contributed by atoms with Crippen molar-refractivity contribution in [1.82, 2.24) is 10.2 Å². The van der Waals surface area contributed by atoms with Crippen LogP contribution in [0.25, 0.3) is 0 Å². The molecule has 1 saturated carbocycles. The van der Waals surface area contributed by atoms with E-state index in [1.165, 1.54) is 20.0 Å². The average Bonchev–Trinajstić information content (AvgIpc) is 3.22. The van der Waals surface area contributed by atoms with Crippen LogP contribution in [0, 0.1) is 0 Å². The van der Waals surface area contributed by atoms with Gasteiger partial charge < -0.3 is 14.8 Å². The zero-order valence-corrected chi connectivity index (χ0v) is 12.9. The van der Waals surface area contributed by atoms with Crippen LogP contribution in [0.4, 0.5) is 0 Å². The molecule has 2 atom stereocenters. The molecule has 5 heteroatoms. The molecule has 0 amide bonds. The summed E-state index contributed by atoms with van der Waals surface area (Å²) in [6.45, 7) is 5.72. The predicted molar refractivity (Wildman–Crippen MR) is 75.2 cm³/mol. The minimum absolute atomic E-state index is 0.204. The molecule has 5 nitrogen and oxygen atoms in total. The summed E-state index contributed by atoms with van der Waals surface area (Å²) in [6, 6.07) is 0.975. The standard InChI is InChI=1S/C14H28N2O3/c1-11(10-14(2,15-3)13(17)19-5)16(8-9-18-4)12-6-7-12/h11-12,15H,6-10H2,1-5H3. The average molecular weight is 272 g/mol. The van der Waals surface area contributed by atoms with E-state index in [0.717, 1.165) is 19.6 Å². The van der Waals surface area contributed by atoms with Crippen LogP contribution in [0.1, 0.15) is 33.1 Å². The van der Waals surface area contributed by atoms with Gasteiger partial charge >= 0.3 is 5.97 Å². The molecule has 0 saturated heterocycles. The summed E-state index contributed by atoms with van der Waals surface area (Å²) in [7, 11) is 4.97. The summed E-state index contributed by atoms with van der Waals surface area (Å²) in [5.74, 6) is -0.204. The lowest BCUT2D eigenvalue weighted by Crippen LogP contribution is -2.53. The van der Waals surface area contributed by atoms with Gasteiger partial charge in [-0.1, -0.05) is 0 Å². The van der Waals surface area contributed by atoms with Crippen molar-refractivity contribution in [3.05, 3.63) is 0 Å². The van der Waals surface area contributed by atoms with Gasteiger partial charge in [-0.15, -0.1) is 0 Å². The maximum atomic E-state index is 11.9. The van der Waals surface area contributed by atoms with Crippen molar-refractivity contribution < 1.29 is 14.3 Å². The van der Waals surface area contributed by atoms with Gasteiger partial charge in [0.25, 0.3) is 0 Å². The minimum Gasteiger partial charge on any atom is -0.468 e. The molecule has 1 rings (SSSR count). The van der Waals surface area contributed by atoms with Crippen molar-refractivity contribution in [2.75, 3.05) is 34.4 Å². The van der Waals surface area contributed by atoms with Gasteiger partial charge in [-0.25, -0.2) is 0 Å². The number of carbonyl (C=O) groups excluding carboxylic acids is 1. The number of nitrogens with one attached hydrogen (secondary N) is 1. The summed E-state index contributed by atoms with van der Waals surface area (Å²) in [5.41, 5.74) is -0.631. The van der Waals surface area contributed by atoms with Crippen molar-refractivity contribution >= 4 is 5.97 Å². The Kier molecular flexibility index (Phi) is 6.23. The van der Waals surface area contributed by atoms with Gasteiger partial charge in [0.15, 0.2) is 0 Å². The summed E-state index contributed by atoms with van der Waals surface area (Å²) in [5, 5.41) is 3.10. The van der Waals surface area contributed by atoms with Gasteiger partial charge in [0.1, 0.15) is 5.54 Å². The fourth-order valence-corrected chi connectivity index (χ4v) is 2.59. The van der Waals surface area contributed by atoms with Gasteiger partial charge in [-0.3, -0.25) is 9.69 Å². The maximum absolute atomic E-state index is 11.9. The number of hydrogen-bond donors (Lipinski definition) is 1. The van der Waals surface area contributed by atoms with E-state index in [0.29, 0.717) is 12.1 Å². The quantitative estimate of drug-likeness (QED) is 0.635. The molecule has 0 heterocycles. The first-order valence-electron chi connectivity index (χ1n) is 7.00. The Morgan fingerprint density at radius 2 is 2.11 bits per heavy atom. The fraction of sp³-hybridized carbons (Fsp3) is 0.929. The largest absolute Gasteiger partial charge is 0.468 e. The Morgan fingerprint density at radius 3 is 2.53 bits per heavy atom. The molecule has 1 N–H and O–H groups in total. The molecule has 1 fully saturated rings. The normalized spacial score (nSPS) is 20.1. The summed E-state index contributed by atoms with van der Waals surface area (Å²) < 4.78 is 10.1. The van der Waals surface area contributed by atoms with E-state index >= 15 is 0 Å². The lowest BCUT2D eigenvalue weighted by Gasteiger charge is -2.35. The third kappa shape index (κ3) is 4.44. The molecule has 1 aliphatic rings. The van der Waals surface area contributed by atoms with E-state index in [4.69, 9.17) is 9.47 Å². The van der Waals surface area contributed by atoms with E-state index in [1.807, 2.05) is 6.92 Å². The number of ether oxygens (including phenoxy) is 2. The number of nitrogens with zero attached hydrogens (tertiary/aromatic N) is 1. The Labute approximate surface area is 116 Å². The third-order valence-corrected chi connectivity index (χ3v) is 4.03. The second kappa shape index (κ2) is 7.22. The molecule has 2 unspecified atom stereocenters. The van der Waals surface area contributed by atoms with Crippen LogP contribution < -0.4 is 5.32 Å². The fourth-order valence-electron chi connectivity index (χ4n) is 2.59.